The molecule has 0 radical (unpaired) electrons. The van der Waals surface area contributed by atoms with E-state index in [-0.39, 0.29) is 11.3 Å². The molecule has 1 spiro atoms. The Bertz CT molecular complexity index is 837. The molecule has 2 saturated heterocycles. The molecule has 3 heterocycles. The number of carbonyl (C=O) groups excluding carboxylic acids is 1. The zero-order chi connectivity index (χ0) is 19.1. The van der Waals surface area contributed by atoms with Gasteiger partial charge >= 0.3 is 0 Å². The zero-order valence-corrected chi connectivity index (χ0v) is 16.5. The summed E-state index contributed by atoms with van der Waals surface area (Å²) in [4.78, 5) is 17.9. The van der Waals surface area contributed by atoms with E-state index in [0.29, 0.717) is 23.7 Å². The highest BCUT2D eigenvalue weighted by molar-refractivity contribution is 5.85. The van der Waals surface area contributed by atoms with Crippen molar-refractivity contribution in [1.82, 2.24) is 20.0 Å². The highest BCUT2D eigenvalue weighted by Crippen LogP contribution is 2.48. The van der Waals surface area contributed by atoms with Crippen LogP contribution in [-0.2, 0) is 11.3 Å². The average Bonchev–Trinajstić information content (AvgIpc) is 3.48. The lowest BCUT2D eigenvalue weighted by molar-refractivity contribution is -0.142. The van der Waals surface area contributed by atoms with Gasteiger partial charge in [-0.3, -0.25) is 9.69 Å². The van der Waals surface area contributed by atoms with Crippen LogP contribution in [0.15, 0.2) is 34.7 Å². The minimum Gasteiger partial charge on any atom is -0.424 e. The van der Waals surface area contributed by atoms with Gasteiger partial charge in [0, 0.05) is 19.5 Å². The van der Waals surface area contributed by atoms with Crippen LogP contribution in [0.2, 0.25) is 0 Å². The fourth-order valence-electron chi connectivity index (χ4n) is 5.01. The highest BCUT2D eigenvalue weighted by Gasteiger charge is 2.49. The molecule has 28 heavy (non-hydrogen) atoms. The summed E-state index contributed by atoms with van der Waals surface area (Å²) in [6.07, 6.45) is 5.57. The largest absolute Gasteiger partial charge is 0.424 e. The van der Waals surface area contributed by atoms with E-state index in [1.165, 1.54) is 18.4 Å². The standard InChI is InChI=1S/C22H28N4O2/c1-16-23-24-20(28-16)14-25-11-9-22(10-12-25)13-19(17-5-3-2-4-6-17)21(27)26(15-22)18-7-8-18/h2-6,18-19H,7-15H2,1H3. The maximum Gasteiger partial charge on any atom is 0.230 e. The Morgan fingerprint density at radius 2 is 1.89 bits per heavy atom. The van der Waals surface area contributed by atoms with Gasteiger partial charge in [0.15, 0.2) is 0 Å². The van der Waals surface area contributed by atoms with E-state index in [0.717, 1.165) is 45.4 Å². The first-order valence-corrected chi connectivity index (χ1v) is 10.5. The molecule has 0 N–H and O–H groups in total. The Balaban J connectivity index is 1.32. The molecular weight excluding hydrogens is 352 g/mol. The number of hydrogen-bond acceptors (Lipinski definition) is 5. The second kappa shape index (κ2) is 6.99. The van der Waals surface area contributed by atoms with Gasteiger partial charge in [-0.05, 0) is 56.2 Å². The van der Waals surface area contributed by atoms with E-state index in [9.17, 15) is 4.79 Å². The lowest BCUT2D eigenvalue weighted by atomic mass is 9.67. The molecule has 3 aliphatic rings. The van der Waals surface area contributed by atoms with Crippen molar-refractivity contribution in [2.75, 3.05) is 19.6 Å². The molecule has 1 amide bonds. The number of carbonyl (C=O) groups is 1. The fraction of sp³-hybridized carbons (Fsp3) is 0.591. The van der Waals surface area contributed by atoms with Crippen molar-refractivity contribution < 1.29 is 9.21 Å². The predicted molar refractivity (Wildman–Crippen MR) is 105 cm³/mol. The van der Waals surface area contributed by atoms with Gasteiger partial charge in [-0.15, -0.1) is 10.2 Å². The minimum absolute atomic E-state index is 0.0145. The number of aromatic nitrogens is 2. The summed E-state index contributed by atoms with van der Waals surface area (Å²) in [7, 11) is 0. The summed E-state index contributed by atoms with van der Waals surface area (Å²) in [5.41, 5.74) is 1.42. The molecule has 1 aromatic heterocycles. The molecule has 1 atom stereocenters. The molecule has 2 aromatic rings. The number of piperidine rings is 2. The van der Waals surface area contributed by atoms with Crippen LogP contribution in [0.5, 0.6) is 0 Å². The Hall–Kier alpha value is -2.21. The molecular formula is C22H28N4O2. The van der Waals surface area contributed by atoms with Gasteiger partial charge < -0.3 is 9.32 Å². The van der Waals surface area contributed by atoms with E-state index >= 15 is 0 Å². The topological polar surface area (TPSA) is 62.5 Å². The molecule has 5 rings (SSSR count). The number of amides is 1. The van der Waals surface area contributed by atoms with Crippen molar-refractivity contribution in [3.63, 3.8) is 0 Å². The summed E-state index contributed by atoms with van der Waals surface area (Å²) in [6, 6.07) is 10.9. The Morgan fingerprint density at radius 3 is 2.54 bits per heavy atom. The molecule has 1 unspecified atom stereocenters. The molecule has 6 heteroatoms. The van der Waals surface area contributed by atoms with Crippen LogP contribution in [0.3, 0.4) is 0 Å². The van der Waals surface area contributed by atoms with Crippen LogP contribution in [0.4, 0.5) is 0 Å². The van der Waals surface area contributed by atoms with E-state index < -0.39 is 0 Å². The summed E-state index contributed by atoms with van der Waals surface area (Å²) >= 11 is 0. The minimum atomic E-state index is 0.0145. The quantitative estimate of drug-likeness (QED) is 0.815. The van der Waals surface area contributed by atoms with E-state index in [2.05, 4.69) is 44.3 Å². The van der Waals surface area contributed by atoms with Crippen molar-refractivity contribution in [1.29, 1.82) is 0 Å². The summed E-state index contributed by atoms with van der Waals surface area (Å²) in [6.45, 7) is 5.54. The first kappa shape index (κ1) is 17.9. The van der Waals surface area contributed by atoms with Crippen LogP contribution >= 0.6 is 0 Å². The molecule has 1 saturated carbocycles. The maximum absolute atomic E-state index is 13.2. The van der Waals surface area contributed by atoms with E-state index in [1.54, 1.807) is 0 Å². The van der Waals surface area contributed by atoms with Gasteiger partial charge in [-0.25, -0.2) is 0 Å². The number of hydrogen-bond donors (Lipinski definition) is 0. The third-order valence-corrected chi connectivity index (χ3v) is 6.76. The summed E-state index contributed by atoms with van der Waals surface area (Å²) < 4.78 is 5.55. The van der Waals surface area contributed by atoms with Gasteiger partial charge in [0.2, 0.25) is 17.7 Å². The molecule has 1 aromatic carbocycles. The SMILES string of the molecule is Cc1nnc(CN2CCC3(CC2)CC(c2ccccc2)C(=O)N(C2CC2)C3)o1. The van der Waals surface area contributed by atoms with E-state index in [4.69, 9.17) is 4.42 Å². The molecule has 148 valence electrons. The number of aryl methyl sites for hydroxylation is 1. The van der Waals surface area contributed by atoms with Crippen molar-refractivity contribution in [2.24, 2.45) is 5.41 Å². The number of nitrogens with zero attached hydrogens (tertiary/aromatic N) is 4. The fourth-order valence-corrected chi connectivity index (χ4v) is 5.01. The molecule has 6 nitrogen and oxygen atoms in total. The van der Waals surface area contributed by atoms with Crippen LogP contribution < -0.4 is 0 Å². The van der Waals surface area contributed by atoms with Crippen LogP contribution in [0.1, 0.15) is 55.4 Å². The van der Waals surface area contributed by atoms with Gasteiger partial charge in [0.1, 0.15) is 0 Å². The molecule has 0 bridgehead atoms. The first-order valence-electron chi connectivity index (χ1n) is 10.5. The Labute approximate surface area is 165 Å². The lowest BCUT2D eigenvalue weighted by Crippen LogP contribution is -2.54. The first-order chi connectivity index (χ1) is 13.6. The Morgan fingerprint density at radius 1 is 1.14 bits per heavy atom. The van der Waals surface area contributed by atoms with Gasteiger partial charge in [0.25, 0.3) is 0 Å². The lowest BCUT2D eigenvalue weighted by Gasteiger charge is -2.50. The van der Waals surface area contributed by atoms with E-state index in [1.807, 2.05) is 13.0 Å². The summed E-state index contributed by atoms with van der Waals surface area (Å²) in [5, 5.41) is 8.07. The van der Waals surface area contributed by atoms with Crippen molar-refractivity contribution in [2.45, 2.75) is 57.5 Å². The Kier molecular flexibility index (Phi) is 4.46. The average molecular weight is 380 g/mol. The number of benzene rings is 1. The third-order valence-electron chi connectivity index (χ3n) is 6.76. The highest BCUT2D eigenvalue weighted by atomic mass is 16.4. The van der Waals surface area contributed by atoms with Crippen molar-refractivity contribution in [3.05, 3.63) is 47.7 Å². The summed E-state index contributed by atoms with van der Waals surface area (Å²) in [5.74, 6) is 1.69. The molecule has 1 aliphatic carbocycles. The number of rotatable bonds is 4. The normalized spacial score (nSPS) is 25.4. The monoisotopic (exact) mass is 380 g/mol. The maximum atomic E-state index is 13.2. The van der Waals surface area contributed by atoms with Gasteiger partial charge in [-0.2, -0.15) is 0 Å². The van der Waals surface area contributed by atoms with Crippen LogP contribution in [0.25, 0.3) is 0 Å². The zero-order valence-electron chi connectivity index (χ0n) is 16.5. The van der Waals surface area contributed by atoms with Crippen LogP contribution in [-0.4, -0.2) is 51.6 Å². The number of likely N-dealkylation sites (tertiary alicyclic amines) is 2. The molecule has 3 fully saturated rings. The predicted octanol–water partition coefficient (Wildman–Crippen LogP) is 3.14. The smallest absolute Gasteiger partial charge is 0.230 e. The van der Waals surface area contributed by atoms with Gasteiger partial charge in [-0.1, -0.05) is 30.3 Å². The second-order valence-electron chi connectivity index (χ2n) is 8.86. The van der Waals surface area contributed by atoms with Gasteiger partial charge in [0.05, 0.1) is 12.5 Å². The third kappa shape index (κ3) is 3.46. The van der Waals surface area contributed by atoms with Crippen LogP contribution in [0, 0.1) is 12.3 Å². The van der Waals surface area contributed by atoms with Crippen molar-refractivity contribution >= 4 is 5.91 Å². The van der Waals surface area contributed by atoms with Crippen molar-refractivity contribution in [3.8, 4) is 0 Å². The second-order valence-corrected chi connectivity index (χ2v) is 8.86. The molecule has 2 aliphatic heterocycles.